The molecule has 1 aliphatic carbocycles. The molecule has 2 amide bonds. The molecule has 2 N–H and O–H groups in total. The number of ether oxygens (including phenoxy) is 2. The molecule has 0 bridgehead atoms. The first-order valence-corrected chi connectivity index (χ1v) is 9.21. The van der Waals surface area contributed by atoms with E-state index in [1.165, 1.54) is 19.3 Å². The molecule has 0 aromatic heterocycles. The third-order valence-corrected chi connectivity index (χ3v) is 4.99. The predicted octanol–water partition coefficient (Wildman–Crippen LogP) is 2.69. The van der Waals surface area contributed by atoms with Gasteiger partial charge in [0.05, 0.1) is 20.3 Å². The highest BCUT2D eigenvalue weighted by atomic mass is 16.5. The number of hydrogen-bond acceptors (Lipinski definition) is 4. The molecule has 0 radical (unpaired) electrons. The lowest BCUT2D eigenvalue weighted by atomic mass is 10.0. The van der Waals surface area contributed by atoms with Crippen molar-refractivity contribution in [2.45, 2.75) is 44.2 Å². The zero-order valence-corrected chi connectivity index (χ0v) is 15.2. The lowest BCUT2D eigenvalue weighted by Crippen LogP contribution is -2.44. The minimum atomic E-state index is -0.0648. The number of methoxy groups -OCH3 is 2. The van der Waals surface area contributed by atoms with Gasteiger partial charge in [0.1, 0.15) is 0 Å². The van der Waals surface area contributed by atoms with E-state index in [2.05, 4.69) is 21.6 Å². The van der Waals surface area contributed by atoms with Crippen molar-refractivity contribution in [2.24, 2.45) is 0 Å². The van der Waals surface area contributed by atoms with Gasteiger partial charge in [-0.15, -0.1) is 0 Å². The summed E-state index contributed by atoms with van der Waals surface area (Å²) < 4.78 is 10.8. The Morgan fingerprint density at radius 1 is 1.16 bits per heavy atom. The first-order valence-electron chi connectivity index (χ1n) is 9.21. The first-order chi connectivity index (χ1) is 12.2. The Balaban J connectivity index is 1.73. The van der Waals surface area contributed by atoms with E-state index in [9.17, 15) is 4.79 Å². The van der Waals surface area contributed by atoms with Gasteiger partial charge in [-0.25, -0.2) is 4.79 Å². The van der Waals surface area contributed by atoms with Crippen LogP contribution >= 0.6 is 0 Å². The summed E-state index contributed by atoms with van der Waals surface area (Å²) in [5, 5.41) is 6.04. The number of nitrogens with zero attached hydrogens (tertiary/aromatic N) is 1. The third-order valence-electron chi connectivity index (χ3n) is 4.99. The number of rotatable bonds is 7. The summed E-state index contributed by atoms with van der Waals surface area (Å²) in [6.45, 7) is 2.71. The van der Waals surface area contributed by atoms with Crippen LogP contribution in [0.4, 0.5) is 4.79 Å². The van der Waals surface area contributed by atoms with E-state index in [0.29, 0.717) is 12.6 Å². The van der Waals surface area contributed by atoms with Gasteiger partial charge in [0.2, 0.25) is 0 Å². The molecule has 2 aliphatic rings. The monoisotopic (exact) mass is 347 g/mol. The number of amides is 2. The summed E-state index contributed by atoms with van der Waals surface area (Å²) in [4.78, 5) is 14.5. The Hall–Kier alpha value is -1.95. The molecule has 1 aromatic carbocycles. The number of hydrogen-bond donors (Lipinski definition) is 2. The fourth-order valence-electron chi connectivity index (χ4n) is 3.40. The smallest absolute Gasteiger partial charge is 0.315 e. The highest BCUT2D eigenvalue weighted by Gasteiger charge is 2.26. The fraction of sp³-hybridized carbons (Fsp3) is 0.632. The minimum Gasteiger partial charge on any atom is -0.493 e. The molecule has 1 aromatic rings. The molecular weight excluding hydrogens is 318 g/mol. The Bertz CT molecular complexity index is 583. The maximum absolute atomic E-state index is 12.1. The summed E-state index contributed by atoms with van der Waals surface area (Å²) >= 11 is 0. The number of nitrogens with one attached hydrogen (secondary N) is 2. The van der Waals surface area contributed by atoms with E-state index in [0.717, 1.165) is 43.0 Å². The third kappa shape index (κ3) is 4.78. The van der Waals surface area contributed by atoms with E-state index in [1.54, 1.807) is 14.2 Å². The molecule has 25 heavy (non-hydrogen) atoms. The number of carbonyl (C=O) groups excluding carboxylic acids is 1. The molecule has 0 spiro atoms. The first kappa shape index (κ1) is 17.9. The zero-order valence-electron chi connectivity index (χ0n) is 15.2. The highest BCUT2D eigenvalue weighted by Crippen LogP contribution is 2.32. The second-order valence-electron chi connectivity index (χ2n) is 6.86. The molecule has 1 unspecified atom stereocenters. The molecule has 1 saturated carbocycles. The number of carbonyl (C=O) groups is 1. The SMILES string of the molecule is COc1ccc(C(CNC(=O)NC2CC2)N2CCCCC2)cc1OC. The lowest BCUT2D eigenvalue weighted by molar-refractivity contribution is 0.160. The van der Waals surface area contributed by atoms with E-state index < -0.39 is 0 Å². The van der Waals surface area contributed by atoms with Gasteiger partial charge in [-0.3, -0.25) is 4.90 Å². The molecule has 1 saturated heterocycles. The average molecular weight is 347 g/mol. The van der Waals surface area contributed by atoms with Crippen LogP contribution in [0.1, 0.15) is 43.7 Å². The van der Waals surface area contributed by atoms with Crippen LogP contribution in [0.3, 0.4) is 0 Å². The second kappa shape index (κ2) is 8.43. The Labute approximate surface area is 149 Å². The Morgan fingerprint density at radius 3 is 2.52 bits per heavy atom. The summed E-state index contributed by atoms with van der Waals surface area (Å²) in [5.41, 5.74) is 1.14. The van der Waals surface area contributed by atoms with Gasteiger partial charge in [0.25, 0.3) is 0 Å². The quantitative estimate of drug-likeness (QED) is 0.796. The van der Waals surface area contributed by atoms with Crippen molar-refractivity contribution in [1.82, 2.24) is 15.5 Å². The van der Waals surface area contributed by atoms with Gasteiger partial charge in [0, 0.05) is 12.6 Å². The number of benzene rings is 1. The molecular formula is C19H29N3O3. The standard InChI is InChI=1S/C19H29N3O3/c1-24-17-9-6-14(12-18(17)25-2)16(22-10-4-3-5-11-22)13-20-19(23)21-15-7-8-15/h6,9,12,15-16H,3-5,7-8,10-11,13H2,1-2H3,(H2,20,21,23). The number of piperidine rings is 1. The van der Waals surface area contributed by atoms with Crippen LogP contribution < -0.4 is 20.1 Å². The summed E-state index contributed by atoms with van der Waals surface area (Å²) in [7, 11) is 3.29. The van der Waals surface area contributed by atoms with Crippen LogP contribution in [0.25, 0.3) is 0 Å². The van der Waals surface area contributed by atoms with Crippen molar-refractivity contribution in [3.05, 3.63) is 23.8 Å². The van der Waals surface area contributed by atoms with E-state index in [4.69, 9.17) is 9.47 Å². The van der Waals surface area contributed by atoms with Crippen molar-refractivity contribution in [1.29, 1.82) is 0 Å². The zero-order chi connectivity index (χ0) is 17.6. The van der Waals surface area contributed by atoms with Crippen molar-refractivity contribution in [3.8, 4) is 11.5 Å². The topological polar surface area (TPSA) is 62.8 Å². The maximum Gasteiger partial charge on any atom is 0.315 e. The van der Waals surface area contributed by atoms with Crippen molar-refractivity contribution in [2.75, 3.05) is 33.9 Å². The Kier molecular flexibility index (Phi) is 6.02. The van der Waals surface area contributed by atoms with Gasteiger partial charge in [-0.05, 0) is 56.5 Å². The van der Waals surface area contributed by atoms with Crippen molar-refractivity contribution in [3.63, 3.8) is 0 Å². The molecule has 1 atom stereocenters. The van der Waals surface area contributed by atoms with Crippen LogP contribution in [-0.2, 0) is 0 Å². The van der Waals surface area contributed by atoms with Gasteiger partial charge >= 0.3 is 6.03 Å². The lowest BCUT2D eigenvalue weighted by Gasteiger charge is -2.35. The van der Waals surface area contributed by atoms with E-state index >= 15 is 0 Å². The van der Waals surface area contributed by atoms with Gasteiger partial charge in [-0.2, -0.15) is 0 Å². The van der Waals surface area contributed by atoms with Crippen molar-refractivity contribution >= 4 is 6.03 Å². The second-order valence-corrected chi connectivity index (χ2v) is 6.86. The molecule has 3 rings (SSSR count). The van der Waals surface area contributed by atoms with Gasteiger partial charge in [0.15, 0.2) is 11.5 Å². The van der Waals surface area contributed by atoms with E-state index in [-0.39, 0.29) is 12.1 Å². The molecule has 2 fully saturated rings. The van der Waals surface area contributed by atoms with E-state index in [1.807, 2.05) is 12.1 Å². The van der Waals surface area contributed by atoms with Gasteiger partial charge < -0.3 is 20.1 Å². The maximum atomic E-state index is 12.1. The summed E-state index contributed by atoms with van der Waals surface area (Å²) in [5.74, 6) is 1.45. The molecule has 6 heteroatoms. The average Bonchev–Trinajstić information content (AvgIpc) is 3.46. The molecule has 6 nitrogen and oxygen atoms in total. The van der Waals surface area contributed by atoms with Crippen molar-refractivity contribution < 1.29 is 14.3 Å². The highest BCUT2D eigenvalue weighted by molar-refractivity contribution is 5.74. The Morgan fingerprint density at radius 2 is 1.88 bits per heavy atom. The summed E-state index contributed by atoms with van der Waals surface area (Å²) in [6, 6.07) is 6.49. The fourth-order valence-corrected chi connectivity index (χ4v) is 3.40. The molecule has 138 valence electrons. The number of urea groups is 1. The molecule has 1 heterocycles. The van der Waals surface area contributed by atoms with Crippen LogP contribution in [0.15, 0.2) is 18.2 Å². The van der Waals surface area contributed by atoms with Crippen LogP contribution in [0, 0.1) is 0 Å². The van der Waals surface area contributed by atoms with Crippen LogP contribution in [0.2, 0.25) is 0 Å². The number of likely N-dealkylation sites (tertiary alicyclic amines) is 1. The predicted molar refractivity (Wildman–Crippen MR) is 97.3 cm³/mol. The van der Waals surface area contributed by atoms with Crippen LogP contribution in [-0.4, -0.2) is 50.8 Å². The molecule has 1 aliphatic heterocycles. The largest absolute Gasteiger partial charge is 0.493 e. The van der Waals surface area contributed by atoms with Gasteiger partial charge in [-0.1, -0.05) is 12.5 Å². The summed E-state index contributed by atoms with van der Waals surface area (Å²) in [6.07, 6.45) is 5.89. The minimum absolute atomic E-state index is 0.0648. The van der Waals surface area contributed by atoms with Crippen LogP contribution in [0.5, 0.6) is 11.5 Å². The normalized spacial score (nSPS) is 19.1.